The highest BCUT2D eigenvalue weighted by atomic mass is 16.5. The molecule has 0 saturated heterocycles. The highest BCUT2D eigenvalue weighted by Gasteiger charge is 2.11. The molecule has 0 spiro atoms. The predicted octanol–water partition coefficient (Wildman–Crippen LogP) is 2.91. The van der Waals surface area contributed by atoms with Gasteiger partial charge in [0.25, 0.3) is 0 Å². The number of fused-ring (bicyclic) bond motifs is 1. The Morgan fingerprint density at radius 2 is 2.00 bits per heavy atom. The Bertz CT molecular complexity index is 811. The normalized spacial score (nSPS) is 13.5. The van der Waals surface area contributed by atoms with Crippen LogP contribution in [-0.2, 0) is 6.54 Å². The van der Waals surface area contributed by atoms with E-state index in [1.807, 2.05) is 36.4 Å². The fraction of sp³-hybridized carbons (Fsp3) is 0.263. The topological polar surface area (TPSA) is 78.7 Å². The first-order chi connectivity index (χ1) is 12.3. The van der Waals surface area contributed by atoms with Crippen LogP contribution in [0.15, 0.2) is 47.5 Å². The Kier molecular flexibility index (Phi) is 5.37. The van der Waals surface area contributed by atoms with Crippen molar-refractivity contribution in [3.8, 4) is 17.6 Å². The van der Waals surface area contributed by atoms with E-state index >= 15 is 0 Å². The summed E-state index contributed by atoms with van der Waals surface area (Å²) < 4.78 is 11.3. The number of ether oxygens (including phenoxy) is 2. The first kappa shape index (κ1) is 16.7. The molecule has 2 N–H and O–H groups in total. The number of rotatable bonds is 3. The van der Waals surface area contributed by atoms with E-state index in [0.717, 1.165) is 29.2 Å². The van der Waals surface area contributed by atoms with Crippen LogP contribution in [0.3, 0.4) is 0 Å². The molecular weight excluding hydrogens is 316 g/mol. The van der Waals surface area contributed by atoms with Crippen molar-refractivity contribution in [1.29, 1.82) is 5.26 Å². The minimum atomic E-state index is 0.569. The smallest absolute Gasteiger partial charge is 0.195 e. The maximum atomic E-state index is 8.97. The van der Waals surface area contributed by atoms with E-state index < -0.39 is 0 Å². The number of aliphatic imine (C=N–C) groups is 1. The summed E-state index contributed by atoms with van der Waals surface area (Å²) in [6.45, 7) is 1.89. The van der Waals surface area contributed by atoms with Gasteiger partial charge in [0.05, 0.1) is 24.8 Å². The molecule has 1 aliphatic heterocycles. The molecule has 0 aliphatic carbocycles. The molecule has 0 unspecified atom stereocenters. The van der Waals surface area contributed by atoms with Crippen LogP contribution in [0.5, 0.6) is 11.5 Å². The number of anilines is 1. The van der Waals surface area contributed by atoms with Gasteiger partial charge >= 0.3 is 0 Å². The summed E-state index contributed by atoms with van der Waals surface area (Å²) in [5.41, 5.74) is 2.52. The molecule has 1 heterocycles. The SMILES string of the molecule is CN=C(NCc1cccc(C#N)c1)Nc1ccc2c(c1)OCCCO2. The number of hydrogen-bond acceptors (Lipinski definition) is 4. The Balaban J connectivity index is 1.64. The van der Waals surface area contributed by atoms with Gasteiger partial charge in [0, 0.05) is 31.8 Å². The lowest BCUT2D eigenvalue weighted by atomic mass is 10.1. The van der Waals surface area contributed by atoms with Crippen molar-refractivity contribution in [3.63, 3.8) is 0 Å². The van der Waals surface area contributed by atoms with E-state index in [1.54, 1.807) is 13.1 Å². The molecule has 0 aromatic heterocycles. The lowest BCUT2D eigenvalue weighted by Crippen LogP contribution is -2.30. The lowest BCUT2D eigenvalue weighted by Gasteiger charge is -2.14. The van der Waals surface area contributed by atoms with Gasteiger partial charge in [-0.25, -0.2) is 0 Å². The van der Waals surface area contributed by atoms with E-state index in [2.05, 4.69) is 21.7 Å². The van der Waals surface area contributed by atoms with Crippen LogP contribution in [0.1, 0.15) is 17.5 Å². The third-order valence-corrected chi connectivity index (χ3v) is 3.75. The summed E-state index contributed by atoms with van der Waals surface area (Å²) in [4.78, 5) is 4.23. The molecule has 6 heteroatoms. The zero-order chi connectivity index (χ0) is 17.5. The minimum absolute atomic E-state index is 0.569. The average molecular weight is 336 g/mol. The molecule has 0 fully saturated rings. The molecule has 0 saturated carbocycles. The monoisotopic (exact) mass is 336 g/mol. The fourth-order valence-electron chi connectivity index (χ4n) is 2.49. The van der Waals surface area contributed by atoms with Crippen LogP contribution in [0.2, 0.25) is 0 Å². The third-order valence-electron chi connectivity index (χ3n) is 3.75. The standard InChI is InChI=1S/C19H20N4O2/c1-21-19(22-13-15-5-2-4-14(10-15)12-20)23-16-6-7-17-18(11-16)25-9-3-8-24-17/h2,4-7,10-11H,3,8-9,13H2,1H3,(H2,21,22,23). The highest BCUT2D eigenvalue weighted by molar-refractivity contribution is 5.93. The molecule has 0 atom stereocenters. The molecule has 1 aliphatic rings. The summed E-state index contributed by atoms with van der Waals surface area (Å²) >= 11 is 0. The van der Waals surface area contributed by atoms with Crippen molar-refractivity contribution in [1.82, 2.24) is 5.32 Å². The third kappa shape index (κ3) is 4.42. The van der Waals surface area contributed by atoms with Gasteiger partial charge in [-0.1, -0.05) is 12.1 Å². The van der Waals surface area contributed by atoms with Crippen molar-refractivity contribution < 1.29 is 9.47 Å². The second-order valence-electron chi connectivity index (χ2n) is 5.57. The predicted molar refractivity (Wildman–Crippen MR) is 97.0 cm³/mol. The Morgan fingerprint density at radius 1 is 1.16 bits per heavy atom. The second kappa shape index (κ2) is 8.06. The van der Waals surface area contributed by atoms with Crippen LogP contribution in [0, 0.1) is 11.3 Å². The van der Waals surface area contributed by atoms with Crippen molar-refractivity contribution in [2.75, 3.05) is 25.6 Å². The van der Waals surface area contributed by atoms with Gasteiger partial charge in [0.1, 0.15) is 0 Å². The molecule has 2 aromatic rings. The van der Waals surface area contributed by atoms with Gasteiger partial charge < -0.3 is 20.1 Å². The Hall–Kier alpha value is -3.20. The van der Waals surface area contributed by atoms with E-state index in [-0.39, 0.29) is 0 Å². The molecule has 2 aromatic carbocycles. The molecule has 3 rings (SSSR count). The molecule has 6 nitrogen and oxygen atoms in total. The summed E-state index contributed by atoms with van der Waals surface area (Å²) in [6.07, 6.45) is 0.877. The van der Waals surface area contributed by atoms with Crippen LogP contribution in [-0.4, -0.2) is 26.2 Å². The van der Waals surface area contributed by atoms with Gasteiger partial charge in [-0.15, -0.1) is 0 Å². The summed E-state index contributed by atoms with van der Waals surface area (Å²) in [5, 5.41) is 15.4. The first-order valence-electron chi connectivity index (χ1n) is 8.15. The molecular formula is C19H20N4O2. The molecule has 25 heavy (non-hydrogen) atoms. The van der Waals surface area contributed by atoms with E-state index in [4.69, 9.17) is 14.7 Å². The van der Waals surface area contributed by atoms with Gasteiger partial charge in [0.15, 0.2) is 17.5 Å². The number of nitrogens with one attached hydrogen (secondary N) is 2. The van der Waals surface area contributed by atoms with E-state index in [0.29, 0.717) is 31.3 Å². The Morgan fingerprint density at radius 3 is 2.80 bits per heavy atom. The highest BCUT2D eigenvalue weighted by Crippen LogP contribution is 2.32. The van der Waals surface area contributed by atoms with Crippen LogP contribution >= 0.6 is 0 Å². The number of nitriles is 1. The van der Waals surface area contributed by atoms with E-state index in [1.165, 1.54) is 0 Å². The molecule has 128 valence electrons. The van der Waals surface area contributed by atoms with Crippen LogP contribution in [0.4, 0.5) is 5.69 Å². The average Bonchev–Trinajstić information content (AvgIpc) is 2.90. The zero-order valence-electron chi connectivity index (χ0n) is 14.1. The fourth-order valence-corrected chi connectivity index (χ4v) is 2.49. The summed E-state index contributed by atoms with van der Waals surface area (Å²) in [7, 11) is 1.71. The number of guanidine groups is 1. The van der Waals surface area contributed by atoms with E-state index in [9.17, 15) is 0 Å². The van der Waals surface area contributed by atoms with Gasteiger partial charge in [-0.2, -0.15) is 5.26 Å². The maximum Gasteiger partial charge on any atom is 0.195 e. The summed E-state index contributed by atoms with van der Waals surface area (Å²) in [6, 6.07) is 15.4. The molecule has 0 radical (unpaired) electrons. The van der Waals surface area contributed by atoms with Crippen molar-refractivity contribution in [2.24, 2.45) is 4.99 Å². The number of benzene rings is 2. The quantitative estimate of drug-likeness (QED) is 0.665. The summed E-state index contributed by atoms with van der Waals surface area (Å²) in [5.74, 6) is 2.14. The van der Waals surface area contributed by atoms with Crippen molar-refractivity contribution >= 4 is 11.6 Å². The first-order valence-corrected chi connectivity index (χ1v) is 8.15. The van der Waals surface area contributed by atoms with Crippen LogP contribution < -0.4 is 20.1 Å². The van der Waals surface area contributed by atoms with Gasteiger partial charge in [0.2, 0.25) is 0 Å². The molecule has 0 amide bonds. The maximum absolute atomic E-state index is 8.97. The van der Waals surface area contributed by atoms with Gasteiger partial charge in [-0.05, 0) is 29.8 Å². The van der Waals surface area contributed by atoms with Crippen molar-refractivity contribution in [3.05, 3.63) is 53.6 Å². The number of hydrogen-bond donors (Lipinski definition) is 2. The molecule has 0 bridgehead atoms. The lowest BCUT2D eigenvalue weighted by molar-refractivity contribution is 0.297. The second-order valence-corrected chi connectivity index (χ2v) is 5.57. The van der Waals surface area contributed by atoms with Crippen LogP contribution in [0.25, 0.3) is 0 Å². The number of nitrogens with zero attached hydrogens (tertiary/aromatic N) is 2. The zero-order valence-corrected chi connectivity index (χ0v) is 14.1. The van der Waals surface area contributed by atoms with Crippen molar-refractivity contribution in [2.45, 2.75) is 13.0 Å². The minimum Gasteiger partial charge on any atom is -0.490 e. The van der Waals surface area contributed by atoms with Gasteiger partial charge in [-0.3, -0.25) is 4.99 Å². The largest absolute Gasteiger partial charge is 0.490 e. The Labute approximate surface area is 147 Å².